The van der Waals surface area contributed by atoms with Crippen LogP contribution in [-0.4, -0.2) is 46.9 Å². The Hall–Kier alpha value is -2.23. The summed E-state index contributed by atoms with van der Waals surface area (Å²) < 4.78 is 39.6. The molecule has 1 amide bonds. The number of amides is 1. The third kappa shape index (κ3) is 4.52. The molecule has 4 rings (SSSR count). The van der Waals surface area contributed by atoms with Crippen molar-refractivity contribution in [2.45, 2.75) is 12.7 Å². The van der Waals surface area contributed by atoms with Crippen LogP contribution >= 0.6 is 22.7 Å². The highest BCUT2D eigenvalue weighted by atomic mass is 32.1. The highest BCUT2D eigenvalue weighted by Crippen LogP contribution is 2.32. The largest absolute Gasteiger partial charge is 0.417 e. The molecule has 0 saturated carbocycles. The van der Waals surface area contributed by atoms with E-state index < -0.39 is 17.6 Å². The van der Waals surface area contributed by atoms with Crippen molar-refractivity contribution >= 4 is 28.6 Å². The molecule has 4 nitrogen and oxygen atoms in total. The molecule has 0 atom stereocenters. The number of carbonyl (C=O) groups is 1. The van der Waals surface area contributed by atoms with Gasteiger partial charge in [-0.3, -0.25) is 9.69 Å². The molecule has 0 unspecified atom stereocenters. The SMILES string of the molecule is O=C(c1ccccc1C(F)(F)F)N1CCN(Cc2nc(-c3cccs3)cs2)CC1. The summed E-state index contributed by atoms with van der Waals surface area (Å²) in [5.74, 6) is -0.563. The predicted octanol–water partition coefficient (Wildman–Crippen LogP) is 4.85. The Morgan fingerprint density at radius 1 is 1.03 bits per heavy atom. The summed E-state index contributed by atoms with van der Waals surface area (Å²) in [6, 6.07) is 9.00. The number of carbonyl (C=O) groups excluding carboxylic acids is 1. The van der Waals surface area contributed by atoms with Gasteiger partial charge >= 0.3 is 6.18 Å². The first-order valence-corrected chi connectivity index (χ1v) is 10.8. The lowest BCUT2D eigenvalue weighted by atomic mass is 10.1. The first kappa shape index (κ1) is 20.1. The Kier molecular flexibility index (Phi) is 5.71. The zero-order valence-corrected chi connectivity index (χ0v) is 17.0. The highest BCUT2D eigenvalue weighted by Gasteiger charge is 2.36. The Balaban J connectivity index is 1.37. The second-order valence-corrected chi connectivity index (χ2v) is 8.61. The molecule has 1 aliphatic rings. The van der Waals surface area contributed by atoms with Gasteiger partial charge in [0.15, 0.2) is 0 Å². The molecule has 0 bridgehead atoms. The van der Waals surface area contributed by atoms with Crippen LogP contribution in [0.2, 0.25) is 0 Å². The van der Waals surface area contributed by atoms with E-state index in [-0.39, 0.29) is 5.56 Å². The molecular formula is C20H18F3N3OS2. The molecule has 9 heteroatoms. The number of benzene rings is 1. The van der Waals surface area contributed by atoms with E-state index in [1.807, 2.05) is 22.9 Å². The molecule has 3 aromatic rings. The van der Waals surface area contributed by atoms with Crippen LogP contribution in [0, 0.1) is 0 Å². The number of hydrogen-bond donors (Lipinski definition) is 0. The summed E-state index contributed by atoms with van der Waals surface area (Å²) in [4.78, 5) is 22.1. The predicted molar refractivity (Wildman–Crippen MR) is 108 cm³/mol. The number of thiazole rings is 1. The van der Waals surface area contributed by atoms with E-state index in [0.29, 0.717) is 32.7 Å². The van der Waals surface area contributed by atoms with E-state index in [1.165, 1.54) is 23.1 Å². The minimum absolute atomic E-state index is 0.283. The van der Waals surface area contributed by atoms with Gasteiger partial charge in [0.1, 0.15) is 5.01 Å². The number of aromatic nitrogens is 1. The normalized spacial score (nSPS) is 15.6. The van der Waals surface area contributed by atoms with Crippen molar-refractivity contribution < 1.29 is 18.0 Å². The van der Waals surface area contributed by atoms with E-state index in [0.717, 1.165) is 21.6 Å². The molecule has 0 spiro atoms. The summed E-state index contributed by atoms with van der Waals surface area (Å²) in [5, 5.41) is 5.05. The zero-order valence-electron chi connectivity index (χ0n) is 15.4. The van der Waals surface area contributed by atoms with E-state index in [2.05, 4.69) is 9.88 Å². The van der Waals surface area contributed by atoms with Crippen molar-refractivity contribution in [1.82, 2.24) is 14.8 Å². The van der Waals surface area contributed by atoms with E-state index in [9.17, 15) is 18.0 Å². The van der Waals surface area contributed by atoms with Crippen molar-refractivity contribution in [3.8, 4) is 10.6 Å². The first-order chi connectivity index (χ1) is 13.9. The molecule has 152 valence electrons. The maximum atomic E-state index is 13.2. The third-order valence-corrected chi connectivity index (χ3v) is 6.53. The lowest BCUT2D eigenvalue weighted by Gasteiger charge is -2.34. The molecular weight excluding hydrogens is 419 g/mol. The summed E-state index contributed by atoms with van der Waals surface area (Å²) in [5.41, 5.74) is -0.192. The second-order valence-electron chi connectivity index (χ2n) is 6.72. The molecule has 1 fully saturated rings. The van der Waals surface area contributed by atoms with Gasteiger partial charge in [-0.15, -0.1) is 22.7 Å². The fourth-order valence-electron chi connectivity index (χ4n) is 3.31. The second kappa shape index (κ2) is 8.25. The number of nitrogens with zero attached hydrogens (tertiary/aromatic N) is 3. The summed E-state index contributed by atoms with van der Waals surface area (Å²) in [7, 11) is 0. The van der Waals surface area contributed by atoms with Crippen LogP contribution in [0.3, 0.4) is 0 Å². The Labute approximate surface area is 174 Å². The first-order valence-electron chi connectivity index (χ1n) is 9.08. The fraction of sp³-hybridized carbons (Fsp3) is 0.300. The monoisotopic (exact) mass is 437 g/mol. The Bertz CT molecular complexity index is 977. The standard InChI is InChI=1S/C20H18F3N3OS2/c21-20(22,23)15-5-2-1-4-14(15)19(27)26-9-7-25(8-10-26)12-18-24-16(13-29-18)17-6-3-11-28-17/h1-6,11,13H,7-10,12H2. The van der Waals surface area contributed by atoms with Crippen molar-refractivity contribution in [3.63, 3.8) is 0 Å². The molecule has 1 saturated heterocycles. The molecule has 0 N–H and O–H groups in total. The van der Waals surface area contributed by atoms with Gasteiger partial charge in [-0.2, -0.15) is 13.2 Å². The topological polar surface area (TPSA) is 36.4 Å². The number of rotatable bonds is 4. The van der Waals surface area contributed by atoms with Crippen molar-refractivity contribution in [1.29, 1.82) is 0 Å². The van der Waals surface area contributed by atoms with Gasteiger partial charge in [0, 0.05) is 31.6 Å². The minimum atomic E-state index is -4.54. The summed E-state index contributed by atoms with van der Waals surface area (Å²) in [6.07, 6.45) is -4.54. The number of halogens is 3. The number of alkyl halides is 3. The van der Waals surface area contributed by atoms with Crippen LogP contribution in [0.1, 0.15) is 20.9 Å². The van der Waals surface area contributed by atoms with Gasteiger partial charge < -0.3 is 4.90 Å². The molecule has 2 aromatic heterocycles. The van der Waals surface area contributed by atoms with Gasteiger partial charge in [-0.1, -0.05) is 18.2 Å². The van der Waals surface area contributed by atoms with Crippen LogP contribution in [0.25, 0.3) is 10.6 Å². The van der Waals surface area contributed by atoms with Crippen molar-refractivity contribution in [2.24, 2.45) is 0 Å². The Morgan fingerprint density at radius 3 is 2.48 bits per heavy atom. The molecule has 0 aliphatic carbocycles. The van der Waals surface area contributed by atoms with Crippen LogP contribution in [-0.2, 0) is 12.7 Å². The van der Waals surface area contributed by atoms with Gasteiger partial charge in [0.25, 0.3) is 5.91 Å². The average Bonchev–Trinajstić information content (AvgIpc) is 3.39. The third-order valence-electron chi connectivity index (χ3n) is 4.81. The van der Waals surface area contributed by atoms with Crippen LogP contribution in [0.4, 0.5) is 13.2 Å². The summed E-state index contributed by atoms with van der Waals surface area (Å²) in [6.45, 7) is 2.68. The minimum Gasteiger partial charge on any atom is -0.336 e. The van der Waals surface area contributed by atoms with Crippen molar-refractivity contribution in [2.75, 3.05) is 26.2 Å². The molecule has 1 aliphatic heterocycles. The van der Waals surface area contributed by atoms with E-state index >= 15 is 0 Å². The fourth-order valence-corrected chi connectivity index (χ4v) is 4.90. The average molecular weight is 438 g/mol. The van der Waals surface area contributed by atoms with Crippen LogP contribution in [0.5, 0.6) is 0 Å². The van der Waals surface area contributed by atoms with Crippen LogP contribution < -0.4 is 0 Å². The van der Waals surface area contributed by atoms with Crippen LogP contribution in [0.15, 0.2) is 47.2 Å². The summed E-state index contributed by atoms with van der Waals surface area (Å²) >= 11 is 3.24. The maximum Gasteiger partial charge on any atom is 0.417 e. The Morgan fingerprint density at radius 2 is 1.79 bits per heavy atom. The number of thiophene rings is 1. The van der Waals surface area contributed by atoms with Gasteiger partial charge in [-0.05, 0) is 23.6 Å². The molecule has 1 aromatic carbocycles. The van der Waals surface area contributed by atoms with Gasteiger partial charge in [0.05, 0.1) is 28.2 Å². The van der Waals surface area contributed by atoms with E-state index in [1.54, 1.807) is 22.7 Å². The number of piperazine rings is 1. The highest BCUT2D eigenvalue weighted by molar-refractivity contribution is 7.14. The lowest BCUT2D eigenvalue weighted by molar-refractivity contribution is -0.138. The van der Waals surface area contributed by atoms with E-state index in [4.69, 9.17) is 0 Å². The lowest BCUT2D eigenvalue weighted by Crippen LogP contribution is -2.48. The number of hydrogen-bond acceptors (Lipinski definition) is 5. The quantitative estimate of drug-likeness (QED) is 0.586. The van der Waals surface area contributed by atoms with Gasteiger partial charge in [-0.25, -0.2) is 4.98 Å². The zero-order chi connectivity index (χ0) is 20.4. The van der Waals surface area contributed by atoms with Crippen molar-refractivity contribution in [3.05, 3.63) is 63.3 Å². The molecule has 29 heavy (non-hydrogen) atoms. The smallest absolute Gasteiger partial charge is 0.336 e. The van der Waals surface area contributed by atoms with Gasteiger partial charge in [0.2, 0.25) is 0 Å². The molecule has 3 heterocycles. The molecule has 0 radical (unpaired) electrons. The maximum absolute atomic E-state index is 13.2.